The van der Waals surface area contributed by atoms with E-state index in [0.717, 1.165) is 12.8 Å². The van der Waals surface area contributed by atoms with Gasteiger partial charge in [0.15, 0.2) is 12.6 Å². The third-order valence-electron chi connectivity index (χ3n) is 15.5. The number of aliphatic hydroxyl groups excluding tert-OH is 6. The van der Waals surface area contributed by atoms with Gasteiger partial charge in [0, 0.05) is 39.4 Å². The molecule has 15 heteroatoms. The summed E-state index contributed by atoms with van der Waals surface area (Å²) in [7, 11) is 2.88. The van der Waals surface area contributed by atoms with E-state index in [9.17, 15) is 40.5 Å². The molecule has 0 aromatic carbocycles. The minimum Gasteiger partial charge on any atom is -0.463 e. The average Bonchev–Trinajstić information content (AvgIpc) is 3.58. The molecule has 6 rings (SSSR count). The molecule has 0 aromatic rings. The topological polar surface area (TPSA) is 223 Å². The standard InChI is InChI=1S/C41H70O15/c1-19(2)26(54-38-35(33(48)28(55-38)18-52-21(4)42)56-37-34(51-8)32(47)27(50-7)17-53-37)10-9-20(3)22-15-24(44)36-39(22,5)14-12-29-40(6)13-11-23(43)31(46)30(40)25(45)16-41(29,36)49/h19-20,22-38,43-49H,9-18H2,1-8H3/t20-,22-,23+,24-,25+,26+,27-,28+,29-,30+,31+,32+,33+,34-,35-,36-,37+,38-,39-,40-,41+/m1/s1. The van der Waals surface area contributed by atoms with Gasteiger partial charge >= 0.3 is 5.97 Å². The lowest BCUT2D eigenvalue weighted by molar-refractivity contribution is -0.313. The van der Waals surface area contributed by atoms with E-state index >= 15 is 0 Å². The fourth-order valence-corrected chi connectivity index (χ4v) is 12.7. The quantitative estimate of drug-likeness (QED) is 0.130. The summed E-state index contributed by atoms with van der Waals surface area (Å²) in [6.07, 6.45) is -7.74. The number of ether oxygens (including phenoxy) is 7. The van der Waals surface area contributed by atoms with Crippen LogP contribution in [0.2, 0.25) is 0 Å². The molecule has 56 heavy (non-hydrogen) atoms. The Morgan fingerprint density at radius 3 is 2.18 bits per heavy atom. The maximum absolute atomic E-state index is 12.7. The molecular formula is C41H70O15. The lowest BCUT2D eigenvalue weighted by Crippen LogP contribution is -2.70. The van der Waals surface area contributed by atoms with E-state index in [4.69, 9.17) is 33.2 Å². The summed E-state index contributed by atoms with van der Waals surface area (Å²) in [5.74, 6) is -1.53. The molecule has 0 unspecified atom stereocenters. The minimum absolute atomic E-state index is 0.0217. The van der Waals surface area contributed by atoms with Crippen molar-refractivity contribution in [2.24, 2.45) is 46.3 Å². The molecule has 0 bridgehead atoms. The molecule has 15 nitrogen and oxygen atoms in total. The first-order valence-corrected chi connectivity index (χ1v) is 20.9. The number of hydrogen-bond donors (Lipinski definition) is 7. The highest BCUT2D eigenvalue weighted by molar-refractivity contribution is 5.65. The molecule has 2 saturated heterocycles. The second-order valence-electron chi connectivity index (χ2n) is 19.0. The van der Waals surface area contributed by atoms with Gasteiger partial charge in [-0.1, -0.05) is 34.6 Å². The summed E-state index contributed by atoms with van der Waals surface area (Å²) in [4.78, 5) is 11.7. The van der Waals surface area contributed by atoms with E-state index in [0.29, 0.717) is 32.1 Å². The van der Waals surface area contributed by atoms with Crippen molar-refractivity contribution in [3.8, 4) is 0 Å². The van der Waals surface area contributed by atoms with Gasteiger partial charge in [-0.2, -0.15) is 0 Å². The average molecular weight is 803 g/mol. The zero-order chi connectivity index (χ0) is 41.1. The minimum atomic E-state index is -1.32. The Labute approximate surface area is 331 Å². The second kappa shape index (κ2) is 17.1. The summed E-state index contributed by atoms with van der Waals surface area (Å²) in [6, 6.07) is 0. The lowest BCUT2D eigenvalue weighted by Gasteiger charge is -2.66. The molecule has 2 heterocycles. The molecule has 2 aliphatic heterocycles. The van der Waals surface area contributed by atoms with Gasteiger partial charge in [0.25, 0.3) is 0 Å². The summed E-state index contributed by atoms with van der Waals surface area (Å²) >= 11 is 0. The highest BCUT2D eigenvalue weighted by Crippen LogP contribution is 2.70. The SMILES string of the molecule is CO[C@H]1[C@H](O[C@H]2[C@H](O[C@@H](CC[C@@H](C)[C@H]3C[C@@H](O)[C@@H]4[C@]3(C)CC[C@@H]3[C@@]5(C)CC[C@H](O)[C@H](O)[C@@H]5[C@@H](O)C[C@]34O)C(C)C)O[C@@H](COC(C)=O)[C@@H]2O)OC[C@@H](OC)[C@@H]1O. The fourth-order valence-electron chi connectivity index (χ4n) is 12.7. The maximum Gasteiger partial charge on any atom is 0.302 e. The molecule has 0 aromatic heterocycles. The van der Waals surface area contributed by atoms with Gasteiger partial charge in [-0.3, -0.25) is 4.79 Å². The number of fused-ring (bicyclic) bond motifs is 5. The van der Waals surface area contributed by atoms with E-state index < -0.39 is 108 Å². The van der Waals surface area contributed by atoms with Gasteiger partial charge in [-0.05, 0) is 79.4 Å². The van der Waals surface area contributed by atoms with Crippen LogP contribution in [-0.2, 0) is 38.0 Å². The number of hydrogen-bond acceptors (Lipinski definition) is 15. The van der Waals surface area contributed by atoms with Gasteiger partial charge in [-0.25, -0.2) is 0 Å². The number of methoxy groups -OCH3 is 2. The molecule has 4 aliphatic carbocycles. The first-order valence-electron chi connectivity index (χ1n) is 20.9. The van der Waals surface area contributed by atoms with Crippen LogP contribution in [0, 0.1) is 46.3 Å². The van der Waals surface area contributed by atoms with E-state index in [1.54, 1.807) is 0 Å². The molecule has 0 radical (unpaired) electrons. The Balaban J connectivity index is 1.15. The Morgan fingerprint density at radius 2 is 1.54 bits per heavy atom. The molecule has 6 aliphatic rings. The van der Waals surface area contributed by atoms with Gasteiger partial charge in [-0.15, -0.1) is 0 Å². The van der Waals surface area contributed by atoms with E-state index in [1.165, 1.54) is 21.1 Å². The van der Waals surface area contributed by atoms with Crippen LogP contribution in [0.25, 0.3) is 0 Å². The molecule has 21 atom stereocenters. The number of rotatable bonds is 13. The largest absolute Gasteiger partial charge is 0.463 e. The van der Waals surface area contributed by atoms with Gasteiger partial charge in [0.05, 0.1) is 42.7 Å². The number of aliphatic hydroxyl groups is 7. The fraction of sp³-hybridized carbons (Fsp3) is 0.976. The van der Waals surface area contributed by atoms with Crippen LogP contribution in [0.15, 0.2) is 0 Å². The number of carbonyl (C=O) groups is 1. The molecule has 324 valence electrons. The molecular weight excluding hydrogens is 732 g/mol. The second-order valence-corrected chi connectivity index (χ2v) is 19.0. The van der Waals surface area contributed by atoms with Crippen LogP contribution < -0.4 is 0 Å². The Bertz CT molecular complexity index is 1340. The van der Waals surface area contributed by atoms with Crippen molar-refractivity contribution in [1.82, 2.24) is 0 Å². The van der Waals surface area contributed by atoms with Gasteiger partial charge < -0.3 is 68.9 Å². The third kappa shape index (κ3) is 7.85. The maximum atomic E-state index is 12.7. The summed E-state index contributed by atoms with van der Waals surface area (Å²) in [5.41, 5.74) is -2.30. The summed E-state index contributed by atoms with van der Waals surface area (Å²) in [6.45, 7) is 11.6. The van der Waals surface area contributed by atoms with Gasteiger partial charge in [0.2, 0.25) is 0 Å². The van der Waals surface area contributed by atoms with Crippen LogP contribution in [-0.4, -0.2) is 154 Å². The molecule has 4 saturated carbocycles. The Kier molecular flexibility index (Phi) is 13.6. The monoisotopic (exact) mass is 802 g/mol. The van der Waals surface area contributed by atoms with Crippen molar-refractivity contribution in [1.29, 1.82) is 0 Å². The molecule has 7 N–H and O–H groups in total. The highest BCUT2D eigenvalue weighted by atomic mass is 16.8. The predicted molar refractivity (Wildman–Crippen MR) is 198 cm³/mol. The van der Waals surface area contributed by atoms with E-state index in [-0.39, 0.29) is 49.4 Å². The summed E-state index contributed by atoms with van der Waals surface area (Å²) in [5, 5.41) is 79.8. The van der Waals surface area contributed by atoms with Crippen molar-refractivity contribution in [3.63, 3.8) is 0 Å². The van der Waals surface area contributed by atoms with Crippen molar-refractivity contribution in [2.75, 3.05) is 27.4 Å². The smallest absolute Gasteiger partial charge is 0.302 e. The molecule has 0 amide bonds. The van der Waals surface area contributed by atoms with Crippen molar-refractivity contribution < 1.29 is 73.7 Å². The van der Waals surface area contributed by atoms with Gasteiger partial charge in [0.1, 0.15) is 43.2 Å². The zero-order valence-electron chi connectivity index (χ0n) is 34.4. The number of carbonyl (C=O) groups excluding carboxylic acids is 1. The normalized spacial score (nSPS) is 50.2. The van der Waals surface area contributed by atoms with Crippen LogP contribution >= 0.6 is 0 Å². The van der Waals surface area contributed by atoms with E-state index in [2.05, 4.69) is 13.8 Å². The first kappa shape index (κ1) is 44.5. The summed E-state index contributed by atoms with van der Waals surface area (Å²) < 4.78 is 41.0. The van der Waals surface area contributed by atoms with E-state index in [1.807, 2.05) is 20.8 Å². The molecule has 0 spiro atoms. The molecule has 6 fully saturated rings. The zero-order valence-corrected chi connectivity index (χ0v) is 34.4. The first-order chi connectivity index (χ1) is 26.3. The van der Waals surface area contributed by atoms with Crippen LogP contribution in [0.3, 0.4) is 0 Å². The van der Waals surface area contributed by atoms with Crippen LogP contribution in [0.5, 0.6) is 0 Å². The van der Waals surface area contributed by atoms with Crippen molar-refractivity contribution in [2.45, 2.75) is 178 Å². The van der Waals surface area contributed by atoms with Crippen molar-refractivity contribution in [3.05, 3.63) is 0 Å². The highest BCUT2D eigenvalue weighted by Gasteiger charge is 2.71. The van der Waals surface area contributed by atoms with Crippen molar-refractivity contribution >= 4 is 5.97 Å². The predicted octanol–water partition coefficient (Wildman–Crippen LogP) is 1.27. The number of esters is 1. The van der Waals surface area contributed by atoms with Crippen LogP contribution in [0.1, 0.15) is 92.9 Å². The van der Waals surface area contributed by atoms with Crippen LogP contribution in [0.4, 0.5) is 0 Å². The Hall–Kier alpha value is -1.05. The third-order valence-corrected chi connectivity index (χ3v) is 15.5. The Morgan fingerprint density at radius 1 is 0.839 bits per heavy atom. The lowest BCUT2D eigenvalue weighted by atomic mass is 9.41.